The predicted octanol–water partition coefficient (Wildman–Crippen LogP) is 1.48. The summed E-state index contributed by atoms with van der Waals surface area (Å²) in [6, 6.07) is 6.00. The van der Waals surface area contributed by atoms with E-state index < -0.39 is 0 Å². The molecular weight excluding hydrogens is 128 g/mol. The molecule has 0 fully saturated rings. The predicted molar refractivity (Wildman–Crippen MR) is 35.3 cm³/mol. The van der Waals surface area contributed by atoms with Gasteiger partial charge in [-0.05, 0) is 0 Å². The molecule has 0 nitrogen and oxygen atoms in total. The van der Waals surface area contributed by atoms with Gasteiger partial charge in [-0.15, -0.1) is 0 Å². The number of rotatable bonds is 0. The molecule has 1 heterocycles. The summed E-state index contributed by atoms with van der Waals surface area (Å²) in [5.74, 6) is 4.00. The summed E-state index contributed by atoms with van der Waals surface area (Å²) in [5.41, 5.74) is 0. The molecular formula is C5H8BF3. The fraction of sp³-hybridized carbons (Fsp3) is 0. The van der Waals surface area contributed by atoms with Crippen molar-refractivity contribution >= 4 is 6.91 Å². The average molecular weight is 136 g/mol. The van der Waals surface area contributed by atoms with Crippen molar-refractivity contribution in [3.05, 3.63) is 30.1 Å². The Balaban J connectivity index is -0.000000120. The summed E-state index contributed by atoms with van der Waals surface area (Å²) in [6.07, 6.45) is 0. The van der Waals surface area contributed by atoms with Crippen LogP contribution < -0.4 is 0 Å². The average Bonchev–Trinajstić information content (AvgIpc) is 1.72. The third-order valence-electron chi connectivity index (χ3n) is 0.667. The Bertz CT molecular complexity index is 84.1. The fourth-order valence-electron chi connectivity index (χ4n) is 0.385. The first kappa shape index (κ1) is 15.7. The van der Waals surface area contributed by atoms with Crippen LogP contribution in [0.5, 0.6) is 0 Å². The zero-order chi connectivity index (χ0) is 4.24. The van der Waals surface area contributed by atoms with E-state index in [0.29, 0.717) is 0 Å². The van der Waals surface area contributed by atoms with Crippen LogP contribution in [0.2, 0.25) is 0 Å². The molecule has 0 aliphatic rings. The van der Waals surface area contributed by atoms with Crippen LogP contribution >= 0.6 is 0 Å². The Morgan fingerprint density at radius 1 is 0.667 bits per heavy atom. The van der Waals surface area contributed by atoms with Gasteiger partial charge in [-0.1, -0.05) is 0 Å². The van der Waals surface area contributed by atoms with Crippen molar-refractivity contribution in [2.24, 2.45) is 0 Å². The van der Waals surface area contributed by atoms with E-state index in [9.17, 15) is 0 Å². The topological polar surface area (TPSA) is 0 Å². The van der Waals surface area contributed by atoms with Gasteiger partial charge in [0.2, 0.25) is 0 Å². The Morgan fingerprint density at radius 3 is 1.22 bits per heavy atom. The van der Waals surface area contributed by atoms with Crippen LogP contribution in [-0.4, -0.2) is 6.91 Å². The second-order valence-corrected chi connectivity index (χ2v) is 1.15. The van der Waals surface area contributed by atoms with Crippen LogP contribution in [0.25, 0.3) is 0 Å². The van der Waals surface area contributed by atoms with Crippen LogP contribution in [0, 0.1) is 0 Å². The zero-order valence-corrected chi connectivity index (χ0v) is 4.69. The molecule has 0 radical (unpaired) electrons. The summed E-state index contributed by atoms with van der Waals surface area (Å²) >= 11 is 0. The van der Waals surface area contributed by atoms with Gasteiger partial charge in [-0.25, -0.2) is 0 Å². The molecule has 52 valence electrons. The van der Waals surface area contributed by atoms with Crippen molar-refractivity contribution in [2.45, 2.75) is 0 Å². The van der Waals surface area contributed by atoms with E-state index >= 15 is 0 Å². The Hall–Kier alpha value is -0.795. The van der Waals surface area contributed by atoms with Gasteiger partial charge in [0.15, 0.2) is 0 Å². The van der Waals surface area contributed by atoms with Gasteiger partial charge in [0.1, 0.15) is 0 Å². The van der Waals surface area contributed by atoms with Crippen molar-refractivity contribution in [1.29, 1.82) is 0 Å². The van der Waals surface area contributed by atoms with Crippen LogP contribution in [0.3, 0.4) is 0 Å². The van der Waals surface area contributed by atoms with Crippen LogP contribution in [0.15, 0.2) is 30.1 Å². The molecule has 0 saturated heterocycles. The van der Waals surface area contributed by atoms with Crippen molar-refractivity contribution in [1.82, 2.24) is 0 Å². The summed E-state index contributed by atoms with van der Waals surface area (Å²) in [5, 5.41) is 0. The maximum atomic E-state index is 2.00. The van der Waals surface area contributed by atoms with E-state index in [1.807, 2.05) is 37.0 Å². The van der Waals surface area contributed by atoms with E-state index in [4.69, 9.17) is 0 Å². The van der Waals surface area contributed by atoms with Crippen LogP contribution in [0.4, 0.5) is 14.1 Å². The van der Waals surface area contributed by atoms with Gasteiger partial charge < -0.3 is 0 Å². The molecule has 0 unspecified atom stereocenters. The monoisotopic (exact) mass is 136 g/mol. The van der Waals surface area contributed by atoms with Crippen molar-refractivity contribution in [3.8, 4) is 0 Å². The molecule has 0 atom stereocenters. The fourth-order valence-corrected chi connectivity index (χ4v) is 0.385. The number of hydrogen-bond donors (Lipinski definition) is 0. The summed E-state index contributed by atoms with van der Waals surface area (Å²) in [6.45, 7) is 2.00. The molecule has 0 aromatic carbocycles. The van der Waals surface area contributed by atoms with E-state index in [-0.39, 0.29) is 14.1 Å². The molecule has 4 heteroatoms. The minimum absolute atomic E-state index is 0. The molecule has 0 spiro atoms. The van der Waals surface area contributed by atoms with Crippen LogP contribution in [0.1, 0.15) is 0 Å². The van der Waals surface area contributed by atoms with E-state index in [1.54, 1.807) is 0 Å². The second-order valence-electron chi connectivity index (χ2n) is 1.15. The molecule has 1 aromatic rings. The molecule has 0 aliphatic heterocycles. The molecule has 0 N–H and O–H groups in total. The maximum absolute atomic E-state index is 2.00. The normalized spacial score (nSPS) is 4.89. The molecule has 0 bridgehead atoms. The third-order valence-corrected chi connectivity index (χ3v) is 0.667. The van der Waals surface area contributed by atoms with Gasteiger partial charge in [0.25, 0.3) is 0 Å². The molecule has 1 aromatic heterocycles. The summed E-state index contributed by atoms with van der Waals surface area (Å²) in [7, 11) is 0. The van der Waals surface area contributed by atoms with Gasteiger partial charge in [0.05, 0.1) is 0 Å². The standard InChI is InChI=1S/C5H5B.3FH/c1-2-4-6-5-3-1;;;/h1-5H;3*1H. The first-order valence-electron chi connectivity index (χ1n) is 2.00. The third kappa shape index (κ3) is 7.20. The minimum atomic E-state index is 0. The molecule has 0 aliphatic carbocycles. The molecule has 1 rings (SSSR count). The first-order valence-corrected chi connectivity index (χ1v) is 2.00. The van der Waals surface area contributed by atoms with E-state index in [1.165, 1.54) is 0 Å². The van der Waals surface area contributed by atoms with Crippen molar-refractivity contribution in [2.75, 3.05) is 0 Å². The second kappa shape index (κ2) is 10.2. The SMILES string of the molecule is F.F.F.b1ccccc1. The Kier molecular flexibility index (Phi) is 17.9. The van der Waals surface area contributed by atoms with Crippen LogP contribution in [-0.2, 0) is 0 Å². The van der Waals surface area contributed by atoms with Crippen molar-refractivity contribution < 1.29 is 14.1 Å². The van der Waals surface area contributed by atoms with E-state index in [0.717, 1.165) is 0 Å². The zero-order valence-electron chi connectivity index (χ0n) is 4.69. The molecule has 0 amide bonds. The molecule has 9 heavy (non-hydrogen) atoms. The van der Waals surface area contributed by atoms with Gasteiger partial charge >= 0.3 is 37.0 Å². The molecule has 0 saturated carbocycles. The summed E-state index contributed by atoms with van der Waals surface area (Å²) < 4.78 is 0. The first-order chi connectivity index (χ1) is 3.00. The number of hydrogen-bond acceptors (Lipinski definition) is 0. The Morgan fingerprint density at radius 2 is 1.11 bits per heavy atom. The van der Waals surface area contributed by atoms with Gasteiger partial charge in [-0.3, -0.25) is 14.1 Å². The van der Waals surface area contributed by atoms with Crippen molar-refractivity contribution in [3.63, 3.8) is 0 Å². The van der Waals surface area contributed by atoms with Gasteiger partial charge in [-0.2, -0.15) is 0 Å². The van der Waals surface area contributed by atoms with E-state index in [2.05, 4.69) is 0 Å². The quantitative estimate of drug-likeness (QED) is 0.506. The Labute approximate surface area is 52.2 Å². The number of halogens is 3. The summed E-state index contributed by atoms with van der Waals surface area (Å²) in [4.78, 5) is 0. The van der Waals surface area contributed by atoms with Gasteiger partial charge in [0, 0.05) is 0 Å².